The highest BCUT2D eigenvalue weighted by Crippen LogP contribution is 2.36. The zero-order valence-corrected chi connectivity index (χ0v) is 12.8. The summed E-state index contributed by atoms with van der Waals surface area (Å²) in [5, 5.41) is 3.26. The number of piperazine rings is 1. The molecule has 1 atom stereocenters. The fourth-order valence-electron chi connectivity index (χ4n) is 2.50. The highest BCUT2D eigenvalue weighted by Gasteiger charge is 2.33. The van der Waals surface area contributed by atoms with Gasteiger partial charge >= 0.3 is 0 Å². The van der Waals surface area contributed by atoms with Crippen LogP contribution in [0.1, 0.15) is 11.5 Å². The van der Waals surface area contributed by atoms with Crippen LogP contribution in [-0.2, 0) is 4.79 Å². The largest absolute Gasteiger partial charge is 0.492 e. The predicted molar refractivity (Wildman–Crippen MR) is 79.1 cm³/mol. The normalized spacial score (nSPS) is 21.3. The van der Waals surface area contributed by atoms with E-state index in [-0.39, 0.29) is 24.2 Å². The van der Waals surface area contributed by atoms with E-state index in [1.807, 2.05) is 23.1 Å². The summed E-state index contributed by atoms with van der Waals surface area (Å²) >= 11 is 3.45. The Hall–Kier alpha value is -0.780. The highest BCUT2D eigenvalue weighted by molar-refractivity contribution is 9.10. The molecule has 1 saturated heterocycles. The zero-order valence-electron chi connectivity index (χ0n) is 10.4. The highest BCUT2D eigenvalue weighted by atomic mass is 79.9. The molecule has 6 heteroatoms. The number of carbonyl (C=O) groups excluding carboxylic acids is 1. The summed E-state index contributed by atoms with van der Waals surface area (Å²) in [6.45, 7) is 3.81. The Kier molecular flexibility index (Phi) is 4.71. The van der Waals surface area contributed by atoms with Gasteiger partial charge < -0.3 is 15.0 Å². The fourth-order valence-corrected chi connectivity index (χ4v) is 2.87. The van der Waals surface area contributed by atoms with Crippen LogP contribution in [0.3, 0.4) is 0 Å². The molecular formula is C13H16BrClN2O2. The molecule has 2 heterocycles. The third kappa shape index (κ3) is 2.88. The molecule has 3 rings (SSSR count). The summed E-state index contributed by atoms with van der Waals surface area (Å²) < 4.78 is 6.58. The first-order chi connectivity index (χ1) is 8.75. The van der Waals surface area contributed by atoms with Crippen molar-refractivity contribution < 1.29 is 9.53 Å². The molecule has 4 nitrogen and oxygen atoms in total. The standard InChI is InChI=1S/C13H15BrN2O2.ClH/c14-9-1-2-12-10(7-9)11(8-18-12)13(17)16-5-3-15-4-6-16;/h1-2,7,11,15H,3-6,8H2;1H. The lowest BCUT2D eigenvalue weighted by Crippen LogP contribution is -2.48. The van der Waals surface area contributed by atoms with Crippen LogP contribution in [-0.4, -0.2) is 43.6 Å². The molecular weight excluding hydrogens is 332 g/mol. The van der Waals surface area contributed by atoms with Crippen LogP contribution < -0.4 is 10.1 Å². The van der Waals surface area contributed by atoms with Gasteiger partial charge in [-0.1, -0.05) is 15.9 Å². The van der Waals surface area contributed by atoms with E-state index >= 15 is 0 Å². The van der Waals surface area contributed by atoms with Gasteiger partial charge in [0.05, 0.1) is 0 Å². The molecule has 1 amide bonds. The van der Waals surface area contributed by atoms with Crippen molar-refractivity contribution in [3.63, 3.8) is 0 Å². The minimum Gasteiger partial charge on any atom is -0.492 e. The van der Waals surface area contributed by atoms with Crippen molar-refractivity contribution in [3.05, 3.63) is 28.2 Å². The van der Waals surface area contributed by atoms with Crippen LogP contribution in [0.25, 0.3) is 0 Å². The first-order valence-corrected chi connectivity index (χ1v) is 6.97. The van der Waals surface area contributed by atoms with Gasteiger partial charge in [-0.15, -0.1) is 12.4 Å². The van der Waals surface area contributed by atoms with Gasteiger partial charge in [-0.2, -0.15) is 0 Å². The molecule has 2 aliphatic heterocycles. The lowest BCUT2D eigenvalue weighted by atomic mass is 9.99. The summed E-state index contributed by atoms with van der Waals surface area (Å²) in [6, 6.07) is 5.86. The Balaban J connectivity index is 0.00000133. The van der Waals surface area contributed by atoms with E-state index in [9.17, 15) is 4.79 Å². The molecule has 1 fully saturated rings. The number of fused-ring (bicyclic) bond motifs is 1. The monoisotopic (exact) mass is 346 g/mol. The molecule has 1 unspecified atom stereocenters. The van der Waals surface area contributed by atoms with Gasteiger partial charge in [-0.3, -0.25) is 4.79 Å². The number of benzene rings is 1. The van der Waals surface area contributed by atoms with E-state index in [2.05, 4.69) is 21.2 Å². The van der Waals surface area contributed by atoms with Crippen LogP contribution in [0.15, 0.2) is 22.7 Å². The van der Waals surface area contributed by atoms with E-state index in [0.29, 0.717) is 6.61 Å². The van der Waals surface area contributed by atoms with Crippen molar-refractivity contribution in [1.29, 1.82) is 0 Å². The molecule has 1 N–H and O–H groups in total. The van der Waals surface area contributed by atoms with Gasteiger partial charge in [0.2, 0.25) is 5.91 Å². The van der Waals surface area contributed by atoms with Gasteiger partial charge in [-0.25, -0.2) is 0 Å². The number of carbonyl (C=O) groups is 1. The second-order valence-electron chi connectivity index (χ2n) is 4.62. The van der Waals surface area contributed by atoms with Crippen molar-refractivity contribution in [1.82, 2.24) is 10.2 Å². The average Bonchev–Trinajstić information content (AvgIpc) is 2.82. The van der Waals surface area contributed by atoms with Crippen molar-refractivity contribution in [2.24, 2.45) is 0 Å². The Labute approximate surface area is 127 Å². The van der Waals surface area contributed by atoms with Crippen LogP contribution in [0, 0.1) is 0 Å². The molecule has 0 bridgehead atoms. The van der Waals surface area contributed by atoms with Crippen LogP contribution in [0.2, 0.25) is 0 Å². The maximum atomic E-state index is 12.5. The number of rotatable bonds is 1. The average molecular weight is 348 g/mol. The first-order valence-electron chi connectivity index (χ1n) is 6.17. The van der Waals surface area contributed by atoms with Crippen molar-refractivity contribution in [2.45, 2.75) is 5.92 Å². The number of hydrogen-bond acceptors (Lipinski definition) is 3. The van der Waals surface area contributed by atoms with Gasteiger partial charge in [0, 0.05) is 36.2 Å². The minimum absolute atomic E-state index is 0. The number of halogens is 2. The van der Waals surface area contributed by atoms with E-state index in [1.165, 1.54) is 0 Å². The van der Waals surface area contributed by atoms with Crippen LogP contribution in [0.4, 0.5) is 0 Å². The molecule has 2 aliphatic rings. The Morgan fingerprint density at radius 3 is 2.84 bits per heavy atom. The molecule has 0 radical (unpaired) electrons. The van der Waals surface area contributed by atoms with E-state index < -0.39 is 0 Å². The lowest BCUT2D eigenvalue weighted by Gasteiger charge is -2.29. The molecule has 0 saturated carbocycles. The summed E-state index contributed by atoms with van der Waals surface area (Å²) in [4.78, 5) is 14.4. The summed E-state index contributed by atoms with van der Waals surface area (Å²) in [5.74, 6) is 0.885. The first kappa shape index (κ1) is 14.6. The SMILES string of the molecule is Cl.O=C(C1COc2ccc(Br)cc21)N1CCNCC1. The lowest BCUT2D eigenvalue weighted by molar-refractivity contribution is -0.133. The van der Waals surface area contributed by atoms with Gasteiger partial charge in [0.25, 0.3) is 0 Å². The molecule has 0 aromatic heterocycles. The molecule has 0 spiro atoms. The second kappa shape index (κ2) is 6.11. The number of ether oxygens (including phenoxy) is 1. The van der Waals surface area contributed by atoms with E-state index in [0.717, 1.165) is 42.0 Å². The van der Waals surface area contributed by atoms with Gasteiger partial charge in [-0.05, 0) is 18.2 Å². The van der Waals surface area contributed by atoms with E-state index in [4.69, 9.17) is 4.74 Å². The quantitative estimate of drug-likeness (QED) is 0.842. The Bertz CT molecular complexity index is 478. The third-order valence-electron chi connectivity index (χ3n) is 3.48. The number of hydrogen-bond donors (Lipinski definition) is 1. The number of amides is 1. The van der Waals surface area contributed by atoms with Crippen molar-refractivity contribution in [3.8, 4) is 5.75 Å². The Morgan fingerprint density at radius 2 is 2.11 bits per heavy atom. The van der Waals surface area contributed by atoms with Gasteiger partial charge in [0.1, 0.15) is 18.3 Å². The maximum absolute atomic E-state index is 12.5. The summed E-state index contributed by atoms with van der Waals surface area (Å²) in [5.41, 5.74) is 1.01. The summed E-state index contributed by atoms with van der Waals surface area (Å²) in [7, 11) is 0. The minimum atomic E-state index is -0.143. The second-order valence-corrected chi connectivity index (χ2v) is 5.54. The zero-order chi connectivity index (χ0) is 12.5. The van der Waals surface area contributed by atoms with Crippen LogP contribution in [0.5, 0.6) is 5.75 Å². The molecule has 1 aromatic carbocycles. The number of nitrogens with one attached hydrogen (secondary N) is 1. The molecule has 1 aromatic rings. The Morgan fingerprint density at radius 1 is 1.37 bits per heavy atom. The number of nitrogens with zero attached hydrogens (tertiary/aromatic N) is 1. The van der Waals surface area contributed by atoms with E-state index in [1.54, 1.807) is 0 Å². The van der Waals surface area contributed by atoms with Gasteiger partial charge in [0.15, 0.2) is 0 Å². The smallest absolute Gasteiger partial charge is 0.233 e. The maximum Gasteiger partial charge on any atom is 0.233 e. The molecule has 104 valence electrons. The summed E-state index contributed by atoms with van der Waals surface area (Å²) in [6.07, 6.45) is 0. The fraction of sp³-hybridized carbons (Fsp3) is 0.462. The van der Waals surface area contributed by atoms with Crippen LogP contribution >= 0.6 is 28.3 Å². The predicted octanol–water partition coefficient (Wildman–Crippen LogP) is 1.78. The third-order valence-corrected chi connectivity index (χ3v) is 3.97. The van der Waals surface area contributed by atoms with Crippen molar-refractivity contribution >= 4 is 34.2 Å². The van der Waals surface area contributed by atoms with Crippen molar-refractivity contribution in [2.75, 3.05) is 32.8 Å². The molecule has 0 aliphatic carbocycles. The topological polar surface area (TPSA) is 41.6 Å². The molecule has 19 heavy (non-hydrogen) atoms.